The van der Waals surface area contributed by atoms with Gasteiger partial charge in [-0.15, -0.1) is 24.8 Å². The zero-order valence-corrected chi connectivity index (χ0v) is 16.9. The van der Waals surface area contributed by atoms with Crippen molar-refractivity contribution in [3.05, 3.63) is 30.0 Å². The predicted molar refractivity (Wildman–Crippen MR) is 112 cm³/mol. The standard InChI is InChI=1S/C18H25N5.2ClH/c1-13-16-17(19-11-7-8-12-22(2)3)14-9-5-6-10-15(14)20-18(16)23(4)21-13;;/h5-6,9-10H,7-8,11-12H2,1-4H3,(H,19,20);2*1H. The van der Waals surface area contributed by atoms with Crippen molar-refractivity contribution >= 4 is 52.4 Å². The Balaban J connectivity index is 0.00000156. The molecule has 0 fully saturated rings. The topological polar surface area (TPSA) is 46.0 Å². The Morgan fingerprint density at radius 2 is 1.84 bits per heavy atom. The third kappa shape index (κ3) is 4.54. The first-order valence-corrected chi connectivity index (χ1v) is 8.18. The minimum Gasteiger partial charge on any atom is -0.384 e. The highest BCUT2D eigenvalue weighted by atomic mass is 35.5. The summed E-state index contributed by atoms with van der Waals surface area (Å²) in [5.74, 6) is 0. The van der Waals surface area contributed by atoms with Crippen LogP contribution in [0.4, 0.5) is 5.69 Å². The second kappa shape index (κ2) is 9.22. The normalized spacial score (nSPS) is 10.8. The number of anilines is 1. The van der Waals surface area contributed by atoms with Gasteiger partial charge in [-0.2, -0.15) is 5.10 Å². The molecule has 1 aromatic carbocycles. The SMILES string of the molecule is Cc1nn(C)c2nc3ccccc3c(NCCCCN(C)C)c12.Cl.Cl. The monoisotopic (exact) mass is 383 g/mol. The Kier molecular flexibility index (Phi) is 7.93. The summed E-state index contributed by atoms with van der Waals surface area (Å²) in [5.41, 5.74) is 4.15. The van der Waals surface area contributed by atoms with Crippen LogP contribution in [0.2, 0.25) is 0 Å². The molecule has 2 aromatic heterocycles. The number of rotatable bonds is 6. The lowest BCUT2D eigenvalue weighted by Gasteiger charge is -2.13. The molecule has 0 amide bonds. The van der Waals surface area contributed by atoms with E-state index in [1.807, 2.05) is 17.8 Å². The number of aryl methyl sites for hydroxylation is 2. The molecule has 0 saturated carbocycles. The number of halogens is 2. The molecule has 0 atom stereocenters. The Hall–Kier alpha value is -1.56. The Morgan fingerprint density at radius 3 is 2.56 bits per heavy atom. The summed E-state index contributed by atoms with van der Waals surface area (Å²) >= 11 is 0. The molecule has 7 heteroatoms. The second-order valence-corrected chi connectivity index (χ2v) is 6.35. The van der Waals surface area contributed by atoms with Gasteiger partial charge in [0, 0.05) is 19.0 Å². The summed E-state index contributed by atoms with van der Waals surface area (Å²) in [6, 6.07) is 8.30. The van der Waals surface area contributed by atoms with Crippen LogP contribution in [-0.2, 0) is 7.05 Å². The van der Waals surface area contributed by atoms with E-state index in [9.17, 15) is 0 Å². The first kappa shape index (κ1) is 21.5. The highest BCUT2D eigenvalue weighted by molar-refractivity contribution is 6.07. The average molecular weight is 384 g/mol. The number of hydrogen-bond donors (Lipinski definition) is 1. The first-order chi connectivity index (χ1) is 11.1. The van der Waals surface area contributed by atoms with Gasteiger partial charge in [0.1, 0.15) is 0 Å². The van der Waals surface area contributed by atoms with E-state index in [2.05, 4.69) is 54.5 Å². The van der Waals surface area contributed by atoms with Gasteiger partial charge in [-0.3, -0.25) is 4.68 Å². The summed E-state index contributed by atoms with van der Waals surface area (Å²) in [6.45, 7) is 4.14. The van der Waals surface area contributed by atoms with Gasteiger partial charge in [-0.05, 0) is 46.5 Å². The minimum absolute atomic E-state index is 0. The molecule has 25 heavy (non-hydrogen) atoms. The van der Waals surface area contributed by atoms with Crippen LogP contribution >= 0.6 is 24.8 Å². The molecule has 3 rings (SSSR count). The van der Waals surface area contributed by atoms with Crippen LogP contribution in [0.1, 0.15) is 18.5 Å². The lowest BCUT2D eigenvalue weighted by atomic mass is 10.1. The fourth-order valence-electron chi connectivity index (χ4n) is 3.05. The molecule has 2 heterocycles. The molecule has 0 bridgehead atoms. The van der Waals surface area contributed by atoms with Crippen LogP contribution in [0.5, 0.6) is 0 Å². The van der Waals surface area contributed by atoms with Crippen LogP contribution < -0.4 is 5.32 Å². The van der Waals surface area contributed by atoms with Crippen molar-refractivity contribution < 1.29 is 0 Å². The quantitative estimate of drug-likeness (QED) is 0.652. The number of benzene rings is 1. The van der Waals surface area contributed by atoms with E-state index in [1.54, 1.807) is 0 Å². The molecule has 0 aliphatic heterocycles. The van der Waals surface area contributed by atoms with Crippen LogP contribution in [0.15, 0.2) is 24.3 Å². The molecule has 138 valence electrons. The Morgan fingerprint density at radius 1 is 1.12 bits per heavy atom. The minimum atomic E-state index is 0. The molecule has 5 nitrogen and oxygen atoms in total. The first-order valence-electron chi connectivity index (χ1n) is 8.18. The number of para-hydroxylation sites is 1. The van der Waals surface area contributed by atoms with Crippen molar-refractivity contribution in [1.82, 2.24) is 19.7 Å². The van der Waals surface area contributed by atoms with E-state index in [0.717, 1.165) is 41.8 Å². The van der Waals surface area contributed by atoms with E-state index >= 15 is 0 Å². The Bertz CT molecular complexity index is 829. The van der Waals surface area contributed by atoms with Gasteiger partial charge in [0.25, 0.3) is 0 Å². The maximum atomic E-state index is 4.78. The number of pyridine rings is 1. The van der Waals surface area contributed by atoms with Gasteiger partial charge in [0.2, 0.25) is 0 Å². The van der Waals surface area contributed by atoms with Gasteiger partial charge in [0.05, 0.1) is 22.3 Å². The van der Waals surface area contributed by atoms with Crippen molar-refractivity contribution in [2.75, 3.05) is 32.5 Å². The molecule has 0 radical (unpaired) electrons. The molecule has 3 aromatic rings. The second-order valence-electron chi connectivity index (χ2n) is 6.35. The highest BCUT2D eigenvalue weighted by Crippen LogP contribution is 2.32. The van der Waals surface area contributed by atoms with Gasteiger partial charge in [-0.25, -0.2) is 4.98 Å². The number of nitrogens with zero attached hydrogens (tertiary/aromatic N) is 4. The lowest BCUT2D eigenvalue weighted by molar-refractivity contribution is 0.396. The van der Waals surface area contributed by atoms with Gasteiger partial charge in [0.15, 0.2) is 5.65 Å². The molecule has 1 N–H and O–H groups in total. The summed E-state index contributed by atoms with van der Waals surface area (Å²) in [6.07, 6.45) is 2.34. The molecule has 0 unspecified atom stereocenters. The van der Waals surface area contributed by atoms with E-state index < -0.39 is 0 Å². The third-order valence-corrected chi connectivity index (χ3v) is 4.18. The van der Waals surface area contributed by atoms with Crippen molar-refractivity contribution in [1.29, 1.82) is 0 Å². The van der Waals surface area contributed by atoms with Gasteiger partial charge < -0.3 is 10.2 Å². The molecule has 0 saturated heterocycles. The van der Waals surface area contributed by atoms with Gasteiger partial charge >= 0.3 is 0 Å². The van der Waals surface area contributed by atoms with Crippen LogP contribution in [0, 0.1) is 6.92 Å². The largest absolute Gasteiger partial charge is 0.384 e. The predicted octanol–water partition coefficient (Wildman–Crippen LogP) is 4.03. The smallest absolute Gasteiger partial charge is 0.160 e. The van der Waals surface area contributed by atoms with Crippen molar-refractivity contribution in [3.63, 3.8) is 0 Å². The molecule has 0 spiro atoms. The lowest BCUT2D eigenvalue weighted by Crippen LogP contribution is -2.14. The molecule has 0 aliphatic carbocycles. The van der Waals surface area contributed by atoms with Crippen molar-refractivity contribution in [2.45, 2.75) is 19.8 Å². The molecule has 0 aliphatic rings. The Labute approximate surface area is 161 Å². The summed E-state index contributed by atoms with van der Waals surface area (Å²) < 4.78 is 1.87. The van der Waals surface area contributed by atoms with E-state index in [1.165, 1.54) is 17.5 Å². The van der Waals surface area contributed by atoms with Crippen LogP contribution in [0.3, 0.4) is 0 Å². The maximum absolute atomic E-state index is 4.78. The highest BCUT2D eigenvalue weighted by Gasteiger charge is 2.14. The van der Waals surface area contributed by atoms with E-state index in [-0.39, 0.29) is 24.8 Å². The number of nitrogens with one attached hydrogen (secondary N) is 1. The number of aromatic nitrogens is 3. The molecular formula is C18H27Cl2N5. The summed E-state index contributed by atoms with van der Waals surface area (Å²) in [4.78, 5) is 7.01. The van der Waals surface area contributed by atoms with Crippen molar-refractivity contribution in [3.8, 4) is 0 Å². The number of unbranched alkanes of at least 4 members (excludes halogenated alkanes) is 1. The van der Waals surface area contributed by atoms with E-state index in [0.29, 0.717) is 0 Å². The third-order valence-electron chi connectivity index (χ3n) is 4.18. The van der Waals surface area contributed by atoms with Gasteiger partial charge in [-0.1, -0.05) is 18.2 Å². The fraction of sp³-hybridized carbons (Fsp3) is 0.444. The van der Waals surface area contributed by atoms with Crippen LogP contribution in [0.25, 0.3) is 21.9 Å². The van der Waals surface area contributed by atoms with Crippen LogP contribution in [-0.4, -0.2) is 46.8 Å². The summed E-state index contributed by atoms with van der Waals surface area (Å²) in [7, 11) is 6.19. The number of fused-ring (bicyclic) bond motifs is 2. The zero-order chi connectivity index (χ0) is 16.4. The number of hydrogen-bond acceptors (Lipinski definition) is 4. The van der Waals surface area contributed by atoms with E-state index in [4.69, 9.17) is 4.98 Å². The molecular weight excluding hydrogens is 357 g/mol. The van der Waals surface area contributed by atoms with Crippen molar-refractivity contribution in [2.24, 2.45) is 7.05 Å². The average Bonchev–Trinajstić information content (AvgIpc) is 2.80. The summed E-state index contributed by atoms with van der Waals surface area (Å²) in [5, 5.41) is 10.5. The fourth-order valence-corrected chi connectivity index (χ4v) is 3.05. The maximum Gasteiger partial charge on any atom is 0.160 e. The zero-order valence-electron chi connectivity index (χ0n) is 15.2.